The van der Waals surface area contributed by atoms with E-state index >= 15 is 0 Å². The first-order chi connectivity index (χ1) is 11.3. The van der Waals surface area contributed by atoms with Gasteiger partial charge in [0.05, 0.1) is 0 Å². The normalized spacial score (nSPS) is 25.5. The molecule has 0 amide bonds. The number of aliphatic imine (C=N–C) groups is 1. The first-order valence-electron chi connectivity index (χ1n) is 9.41. The van der Waals surface area contributed by atoms with Gasteiger partial charge in [-0.2, -0.15) is 0 Å². The summed E-state index contributed by atoms with van der Waals surface area (Å²) >= 11 is 0. The molecular formula is C20H29N3. The second-order valence-electron chi connectivity index (χ2n) is 7.67. The molecular weight excluding hydrogens is 282 g/mol. The Morgan fingerprint density at radius 1 is 1.26 bits per heavy atom. The zero-order chi connectivity index (χ0) is 15.7. The van der Waals surface area contributed by atoms with Gasteiger partial charge in [0, 0.05) is 32.1 Å². The van der Waals surface area contributed by atoms with Crippen LogP contribution in [-0.2, 0) is 6.42 Å². The van der Waals surface area contributed by atoms with E-state index in [4.69, 9.17) is 4.99 Å². The molecule has 1 aliphatic heterocycles. The third-order valence-electron chi connectivity index (χ3n) is 6.16. The molecule has 1 atom stereocenters. The average molecular weight is 311 g/mol. The van der Waals surface area contributed by atoms with Crippen molar-refractivity contribution in [3.63, 3.8) is 0 Å². The van der Waals surface area contributed by atoms with Crippen LogP contribution in [0.5, 0.6) is 0 Å². The number of hydrogen-bond acceptors (Lipinski definition) is 1. The predicted octanol–water partition coefficient (Wildman–Crippen LogP) is 3.56. The lowest BCUT2D eigenvalue weighted by molar-refractivity contribution is 0.309. The van der Waals surface area contributed by atoms with Gasteiger partial charge in [-0.25, -0.2) is 0 Å². The third-order valence-corrected chi connectivity index (χ3v) is 6.16. The fourth-order valence-electron chi connectivity index (χ4n) is 4.80. The van der Waals surface area contributed by atoms with Crippen LogP contribution >= 0.6 is 0 Å². The predicted molar refractivity (Wildman–Crippen MR) is 96.0 cm³/mol. The molecule has 4 rings (SSSR count). The lowest BCUT2D eigenvalue weighted by Gasteiger charge is -2.30. The largest absolute Gasteiger partial charge is 0.357 e. The standard InChI is InChI=1S/C20H29N3/c1-2-21-19(23-12-11-20(15-23)9-5-6-10-20)22-14-17-13-16-7-3-4-8-18(16)17/h3-4,7-8,17H,2,5-6,9-15H2,1H3,(H,21,22). The summed E-state index contributed by atoms with van der Waals surface area (Å²) in [7, 11) is 0. The second-order valence-corrected chi connectivity index (χ2v) is 7.67. The highest BCUT2D eigenvalue weighted by Gasteiger charge is 2.41. The van der Waals surface area contributed by atoms with E-state index < -0.39 is 0 Å². The maximum absolute atomic E-state index is 5.00. The maximum atomic E-state index is 5.00. The lowest BCUT2D eigenvalue weighted by Crippen LogP contribution is -2.41. The molecule has 0 radical (unpaired) electrons. The SMILES string of the molecule is CCNC(=NCC1Cc2ccccc21)N1CCC2(CCCC2)C1. The minimum absolute atomic E-state index is 0.610. The summed E-state index contributed by atoms with van der Waals surface area (Å²) in [6.45, 7) is 6.48. The van der Waals surface area contributed by atoms with Crippen LogP contribution in [0.25, 0.3) is 0 Å². The summed E-state index contributed by atoms with van der Waals surface area (Å²) in [5.41, 5.74) is 3.64. The van der Waals surface area contributed by atoms with Crippen LogP contribution in [0.4, 0.5) is 0 Å². The van der Waals surface area contributed by atoms with E-state index in [1.165, 1.54) is 62.7 Å². The highest BCUT2D eigenvalue weighted by atomic mass is 15.3. The fraction of sp³-hybridized carbons (Fsp3) is 0.650. The first-order valence-corrected chi connectivity index (χ1v) is 9.41. The van der Waals surface area contributed by atoms with Crippen molar-refractivity contribution in [1.29, 1.82) is 0 Å². The Bertz CT molecular complexity index is 586. The molecule has 1 heterocycles. The van der Waals surface area contributed by atoms with Gasteiger partial charge in [-0.3, -0.25) is 4.99 Å². The minimum Gasteiger partial charge on any atom is -0.357 e. The van der Waals surface area contributed by atoms with E-state index in [1.54, 1.807) is 0 Å². The number of rotatable bonds is 3. The number of nitrogens with zero attached hydrogens (tertiary/aromatic N) is 2. The zero-order valence-corrected chi connectivity index (χ0v) is 14.4. The van der Waals surface area contributed by atoms with E-state index in [0.29, 0.717) is 11.3 Å². The van der Waals surface area contributed by atoms with Crippen molar-refractivity contribution < 1.29 is 0 Å². The molecule has 1 spiro atoms. The van der Waals surface area contributed by atoms with E-state index in [-0.39, 0.29) is 0 Å². The van der Waals surface area contributed by atoms with Crippen LogP contribution in [0.15, 0.2) is 29.3 Å². The van der Waals surface area contributed by atoms with Gasteiger partial charge in [0.25, 0.3) is 0 Å². The molecule has 3 aliphatic rings. The highest BCUT2D eigenvalue weighted by molar-refractivity contribution is 5.80. The molecule has 1 aromatic rings. The molecule has 3 heteroatoms. The Balaban J connectivity index is 1.42. The summed E-state index contributed by atoms with van der Waals surface area (Å²) in [4.78, 5) is 7.53. The summed E-state index contributed by atoms with van der Waals surface area (Å²) in [6, 6.07) is 8.83. The van der Waals surface area contributed by atoms with Crippen molar-refractivity contribution in [3.8, 4) is 0 Å². The van der Waals surface area contributed by atoms with Crippen LogP contribution in [0.1, 0.15) is 56.1 Å². The van der Waals surface area contributed by atoms with E-state index in [9.17, 15) is 0 Å². The summed E-state index contributed by atoms with van der Waals surface area (Å²) in [5.74, 6) is 1.78. The molecule has 1 unspecified atom stereocenters. The molecule has 1 saturated heterocycles. The second kappa shape index (κ2) is 6.18. The van der Waals surface area contributed by atoms with Crippen molar-refractivity contribution in [1.82, 2.24) is 10.2 Å². The van der Waals surface area contributed by atoms with Crippen molar-refractivity contribution >= 4 is 5.96 Å². The van der Waals surface area contributed by atoms with Gasteiger partial charge in [-0.1, -0.05) is 37.1 Å². The molecule has 1 aromatic carbocycles. The maximum Gasteiger partial charge on any atom is 0.193 e. The third kappa shape index (κ3) is 2.86. The Hall–Kier alpha value is -1.51. The van der Waals surface area contributed by atoms with Gasteiger partial charge in [-0.15, -0.1) is 0 Å². The van der Waals surface area contributed by atoms with Crippen LogP contribution in [0, 0.1) is 5.41 Å². The van der Waals surface area contributed by atoms with Crippen molar-refractivity contribution in [2.75, 3.05) is 26.2 Å². The molecule has 3 nitrogen and oxygen atoms in total. The van der Waals surface area contributed by atoms with Crippen LogP contribution in [0.3, 0.4) is 0 Å². The molecule has 0 aromatic heterocycles. The monoisotopic (exact) mass is 311 g/mol. The lowest BCUT2D eigenvalue weighted by atomic mass is 9.78. The molecule has 124 valence electrons. The number of fused-ring (bicyclic) bond motifs is 1. The van der Waals surface area contributed by atoms with Gasteiger partial charge in [0.1, 0.15) is 0 Å². The minimum atomic E-state index is 0.610. The van der Waals surface area contributed by atoms with E-state index in [2.05, 4.69) is 41.4 Å². The Morgan fingerprint density at radius 2 is 2.09 bits per heavy atom. The number of likely N-dealkylation sites (tertiary alicyclic amines) is 1. The molecule has 2 aliphatic carbocycles. The number of guanidine groups is 1. The average Bonchev–Trinajstić information content (AvgIpc) is 3.18. The molecule has 1 saturated carbocycles. The molecule has 1 N–H and O–H groups in total. The van der Waals surface area contributed by atoms with Crippen LogP contribution < -0.4 is 5.32 Å². The van der Waals surface area contributed by atoms with Crippen LogP contribution in [-0.4, -0.2) is 37.0 Å². The van der Waals surface area contributed by atoms with Gasteiger partial charge in [-0.05, 0) is 49.1 Å². The van der Waals surface area contributed by atoms with Crippen molar-refractivity contribution in [2.24, 2.45) is 10.4 Å². The summed E-state index contributed by atoms with van der Waals surface area (Å²) < 4.78 is 0. The topological polar surface area (TPSA) is 27.6 Å². The van der Waals surface area contributed by atoms with Gasteiger partial charge >= 0.3 is 0 Å². The summed E-state index contributed by atoms with van der Waals surface area (Å²) in [6.07, 6.45) is 8.28. The molecule has 23 heavy (non-hydrogen) atoms. The number of hydrogen-bond donors (Lipinski definition) is 1. The highest BCUT2D eigenvalue weighted by Crippen LogP contribution is 2.45. The smallest absolute Gasteiger partial charge is 0.193 e. The van der Waals surface area contributed by atoms with Crippen molar-refractivity contribution in [2.45, 2.75) is 51.4 Å². The zero-order valence-electron chi connectivity index (χ0n) is 14.4. The Morgan fingerprint density at radius 3 is 2.87 bits per heavy atom. The van der Waals surface area contributed by atoms with E-state index in [1.807, 2.05) is 0 Å². The van der Waals surface area contributed by atoms with E-state index in [0.717, 1.165) is 19.0 Å². The Kier molecular flexibility index (Phi) is 4.04. The van der Waals surface area contributed by atoms with Gasteiger partial charge in [0.2, 0.25) is 0 Å². The summed E-state index contributed by atoms with van der Waals surface area (Å²) in [5, 5.41) is 3.53. The van der Waals surface area contributed by atoms with Gasteiger partial charge in [0.15, 0.2) is 5.96 Å². The fourth-order valence-corrected chi connectivity index (χ4v) is 4.80. The molecule has 2 fully saturated rings. The quantitative estimate of drug-likeness (QED) is 0.683. The first kappa shape index (κ1) is 15.0. The van der Waals surface area contributed by atoms with Crippen LogP contribution in [0.2, 0.25) is 0 Å². The number of nitrogens with one attached hydrogen (secondary N) is 1. The Labute approximate surface area is 140 Å². The molecule has 0 bridgehead atoms. The van der Waals surface area contributed by atoms with Gasteiger partial charge < -0.3 is 10.2 Å². The number of benzene rings is 1. The van der Waals surface area contributed by atoms with Crippen molar-refractivity contribution in [3.05, 3.63) is 35.4 Å².